The first kappa shape index (κ1) is 13.4. The molecule has 0 amide bonds. The van der Waals surface area contributed by atoms with Gasteiger partial charge in [-0.3, -0.25) is 0 Å². The van der Waals surface area contributed by atoms with Crippen molar-refractivity contribution in [3.63, 3.8) is 0 Å². The zero-order valence-electron chi connectivity index (χ0n) is 12.5. The van der Waals surface area contributed by atoms with E-state index >= 15 is 0 Å². The van der Waals surface area contributed by atoms with Gasteiger partial charge in [0.05, 0.1) is 23.4 Å². The molecule has 3 rings (SSSR count). The predicted octanol–water partition coefficient (Wildman–Crippen LogP) is 4.25. The number of rotatable bonds is 2. The summed E-state index contributed by atoms with van der Waals surface area (Å²) >= 11 is 0. The van der Waals surface area contributed by atoms with Crippen LogP contribution in [0.3, 0.4) is 0 Å². The fourth-order valence-corrected chi connectivity index (χ4v) is 2.59. The third-order valence-electron chi connectivity index (χ3n) is 3.95. The maximum Gasteiger partial charge on any atom is 0.137 e. The SMILES string of the molecule is Cc1ccc(-c2nc3ccccn3c2C(C)C#N)cc1C. The molecule has 0 aliphatic heterocycles. The number of benzene rings is 1. The first-order chi connectivity index (χ1) is 10.1. The summed E-state index contributed by atoms with van der Waals surface area (Å²) in [6.45, 7) is 6.12. The highest BCUT2D eigenvalue weighted by molar-refractivity contribution is 5.68. The lowest BCUT2D eigenvalue weighted by molar-refractivity contribution is 0.900. The number of hydrogen-bond donors (Lipinski definition) is 0. The summed E-state index contributed by atoms with van der Waals surface area (Å²) in [4.78, 5) is 4.73. The second kappa shape index (κ2) is 5.06. The van der Waals surface area contributed by atoms with Crippen LogP contribution >= 0.6 is 0 Å². The lowest BCUT2D eigenvalue weighted by Crippen LogP contribution is -1.98. The van der Waals surface area contributed by atoms with E-state index in [2.05, 4.69) is 38.1 Å². The number of imidazole rings is 1. The van der Waals surface area contributed by atoms with Crippen molar-refractivity contribution in [2.45, 2.75) is 26.7 Å². The average molecular weight is 275 g/mol. The van der Waals surface area contributed by atoms with Gasteiger partial charge in [0.15, 0.2) is 0 Å². The number of aromatic nitrogens is 2. The second-order valence-corrected chi connectivity index (χ2v) is 5.42. The van der Waals surface area contributed by atoms with Gasteiger partial charge >= 0.3 is 0 Å². The Bertz CT molecular complexity index is 853. The molecule has 3 nitrogen and oxygen atoms in total. The zero-order valence-corrected chi connectivity index (χ0v) is 12.5. The van der Waals surface area contributed by atoms with Crippen LogP contribution in [0.15, 0.2) is 42.6 Å². The minimum atomic E-state index is -0.209. The summed E-state index contributed by atoms with van der Waals surface area (Å²) in [5.74, 6) is -0.209. The molecule has 0 bridgehead atoms. The first-order valence-electron chi connectivity index (χ1n) is 7.06. The normalized spacial score (nSPS) is 12.3. The number of hydrogen-bond acceptors (Lipinski definition) is 2. The van der Waals surface area contributed by atoms with Crippen LogP contribution in [0.2, 0.25) is 0 Å². The van der Waals surface area contributed by atoms with Crippen molar-refractivity contribution in [3.8, 4) is 17.3 Å². The van der Waals surface area contributed by atoms with Gasteiger partial charge in [0.25, 0.3) is 0 Å². The maximum absolute atomic E-state index is 9.34. The predicted molar refractivity (Wildman–Crippen MR) is 84.1 cm³/mol. The molecular weight excluding hydrogens is 258 g/mol. The topological polar surface area (TPSA) is 41.1 Å². The van der Waals surface area contributed by atoms with Gasteiger partial charge in [-0.2, -0.15) is 5.26 Å². The van der Waals surface area contributed by atoms with Crippen molar-refractivity contribution >= 4 is 5.65 Å². The monoisotopic (exact) mass is 275 g/mol. The standard InChI is InChI=1S/C18H17N3/c1-12-7-8-15(10-13(12)2)17-18(14(3)11-19)21-9-5-4-6-16(21)20-17/h4-10,14H,1-3H3. The van der Waals surface area contributed by atoms with Crippen LogP contribution < -0.4 is 0 Å². The minimum absolute atomic E-state index is 0.209. The van der Waals surface area contributed by atoms with Gasteiger partial charge in [0.1, 0.15) is 5.65 Å². The second-order valence-electron chi connectivity index (χ2n) is 5.42. The molecule has 1 atom stereocenters. The Hall–Kier alpha value is -2.60. The molecule has 0 N–H and O–H groups in total. The number of nitriles is 1. The zero-order chi connectivity index (χ0) is 15.0. The molecule has 0 radical (unpaired) electrons. The summed E-state index contributed by atoms with van der Waals surface area (Å²) in [6.07, 6.45) is 1.97. The van der Waals surface area contributed by atoms with Crippen molar-refractivity contribution in [1.82, 2.24) is 9.38 Å². The smallest absolute Gasteiger partial charge is 0.137 e. The van der Waals surface area contributed by atoms with E-state index in [9.17, 15) is 5.26 Å². The van der Waals surface area contributed by atoms with Gasteiger partial charge < -0.3 is 4.40 Å². The molecule has 0 aliphatic rings. The summed E-state index contributed by atoms with van der Waals surface area (Å²) in [7, 11) is 0. The number of aryl methyl sites for hydroxylation is 2. The molecule has 0 saturated heterocycles. The van der Waals surface area contributed by atoms with E-state index in [-0.39, 0.29) is 5.92 Å². The Morgan fingerprint density at radius 1 is 1.14 bits per heavy atom. The van der Waals surface area contributed by atoms with Gasteiger partial charge in [0.2, 0.25) is 0 Å². The molecule has 2 heterocycles. The molecule has 0 aliphatic carbocycles. The molecule has 0 fully saturated rings. The number of nitrogens with zero attached hydrogens (tertiary/aromatic N) is 3. The number of pyridine rings is 1. The summed E-state index contributed by atoms with van der Waals surface area (Å²) in [5.41, 5.74) is 6.30. The van der Waals surface area contributed by atoms with Gasteiger partial charge in [0, 0.05) is 11.8 Å². The molecule has 1 unspecified atom stereocenters. The molecule has 0 saturated carbocycles. The average Bonchev–Trinajstić information content (AvgIpc) is 2.88. The lowest BCUT2D eigenvalue weighted by Gasteiger charge is -2.08. The Kier molecular flexibility index (Phi) is 3.23. The van der Waals surface area contributed by atoms with E-state index in [1.165, 1.54) is 11.1 Å². The van der Waals surface area contributed by atoms with Crippen LogP contribution in [0.25, 0.3) is 16.9 Å². The Balaban J connectivity index is 2.31. The van der Waals surface area contributed by atoms with Crippen molar-refractivity contribution in [2.75, 3.05) is 0 Å². The van der Waals surface area contributed by atoms with Gasteiger partial charge in [-0.05, 0) is 50.1 Å². The molecule has 104 valence electrons. The van der Waals surface area contributed by atoms with Crippen molar-refractivity contribution in [2.24, 2.45) is 0 Å². The summed E-state index contributed by atoms with van der Waals surface area (Å²) in [6, 6.07) is 14.6. The van der Waals surface area contributed by atoms with Gasteiger partial charge in [-0.1, -0.05) is 18.2 Å². The van der Waals surface area contributed by atoms with Gasteiger partial charge in [-0.15, -0.1) is 0 Å². The van der Waals surface area contributed by atoms with E-state index in [1.807, 2.05) is 35.7 Å². The Morgan fingerprint density at radius 3 is 2.67 bits per heavy atom. The third-order valence-corrected chi connectivity index (χ3v) is 3.95. The quantitative estimate of drug-likeness (QED) is 0.701. The van der Waals surface area contributed by atoms with Gasteiger partial charge in [-0.25, -0.2) is 4.98 Å². The Morgan fingerprint density at radius 2 is 1.95 bits per heavy atom. The highest BCUT2D eigenvalue weighted by Gasteiger charge is 2.19. The fraction of sp³-hybridized carbons (Fsp3) is 0.222. The third kappa shape index (κ3) is 2.19. The molecule has 3 heteroatoms. The molecule has 1 aromatic carbocycles. The fourth-order valence-electron chi connectivity index (χ4n) is 2.59. The van der Waals surface area contributed by atoms with Crippen LogP contribution in [0.5, 0.6) is 0 Å². The molecule has 2 aromatic heterocycles. The van der Waals surface area contributed by atoms with E-state index in [0.717, 1.165) is 22.6 Å². The highest BCUT2D eigenvalue weighted by Crippen LogP contribution is 2.30. The molecular formula is C18H17N3. The van der Waals surface area contributed by atoms with E-state index < -0.39 is 0 Å². The van der Waals surface area contributed by atoms with E-state index in [1.54, 1.807) is 0 Å². The molecule has 0 spiro atoms. The maximum atomic E-state index is 9.34. The van der Waals surface area contributed by atoms with Crippen molar-refractivity contribution in [1.29, 1.82) is 5.26 Å². The molecule has 3 aromatic rings. The minimum Gasteiger partial charge on any atom is -0.302 e. The highest BCUT2D eigenvalue weighted by atomic mass is 15.0. The lowest BCUT2D eigenvalue weighted by atomic mass is 9.99. The van der Waals surface area contributed by atoms with Crippen LogP contribution in [0.4, 0.5) is 0 Å². The summed E-state index contributed by atoms with van der Waals surface area (Å²) < 4.78 is 2.01. The van der Waals surface area contributed by atoms with Crippen molar-refractivity contribution < 1.29 is 0 Å². The van der Waals surface area contributed by atoms with E-state index in [0.29, 0.717) is 0 Å². The first-order valence-corrected chi connectivity index (χ1v) is 7.06. The van der Waals surface area contributed by atoms with Crippen LogP contribution in [0.1, 0.15) is 29.7 Å². The van der Waals surface area contributed by atoms with Crippen LogP contribution in [-0.2, 0) is 0 Å². The largest absolute Gasteiger partial charge is 0.302 e. The number of fused-ring (bicyclic) bond motifs is 1. The molecule has 21 heavy (non-hydrogen) atoms. The Labute approximate surface area is 124 Å². The van der Waals surface area contributed by atoms with E-state index in [4.69, 9.17) is 4.98 Å². The van der Waals surface area contributed by atoms with Crippen LogP contribution in [-0.4, -0.2) is 9.38 Å². The van der Waals surface area contributed by atoms with Crippen molar-refractivity contribution in [3.05, 3.63) is 59.4 Å². The van der Waals surface area contributed by atoms with Crippen LogP contribution in [0, 0.1) is 25.2 Å². The summed E-state index contributed by atoms with van der Waals surface area (Å²) in [5, 5.41) is 9.34.